The number of carbonyl (C=O) groups excluding carboxylic acids is 1. The van der Waals surface area contributed by atoms with Gasteiger partial charge in [0.15, 0.2) is 0 Å². The summed E-state index contributed by atoms with van der Waals surface area (Å²) in [5, 5.41) is 4.16. The number of nitrogens with zero attached hydrogens (tertiary/aromatic N) is 2. The van der Waals surface area contributed by atoms with Crippen molar-refractivity contribution >= 4 is 51.9 Å². The number of aryl methyl sites for hydroxylation is 1. The third kappa shape index (κ3) is 5.78. The summed E-state index contributed by atoms with van der Waals surface area (Å²) in [4.78, 5) is 22.5. The summed E-state index contributed by atoms with van der Waals surface area (Å²) < 4.78 is 0.734. The fraction of sp³-hybridized carbons (Fsp3) is 0.533. The van der Waals surface area contributed by atoms with Gasteiger partial charge in [-0.2, -0.15) is 0 Å². The number of unbranched alkanes of at least 4 members (excludes halogenated alkanes) is 2. The molecule has 3 unspecified atom stereocenters. The van der Waals surface area contributed by atoms with E-state index in [0.717, 1.165) is 82.6 Å². The lowest BCUT2D eigenvalue weighted by atomic mass is 9.94. The molecule has 2 aliphatic heterocycles. The minimum atomic E-state index is 0.0992. The number of aromatic amines is 1. The van der Waals surface area contributed by atoms with Crippen molar-refractivity contribution in [3.8, 4) is 11.3 Å². The van der Waals surface area contributed by atoms with Crippen LogP contribution in [0.5, 0.6) is 0 Å². The summed E-state index contributed by atoms with van der Waals surface area (Å²) in [5.74, 6) is 1.50. The molecule has 2 N–H and O–H groups in total. The summed E-state index contributed by atoms with van der Waals surface area (Å²) in [6.45, 7) is 5.71. The number of amides is 1. The number of aromatic nitrogens is 1. The fourth-order valence-corrected chi connectivity index (χ4v) is 8.30. The molecule has 1 aromatic heterocycles. The first kappa shape index (κ1) is 26.6. The van der Waals surface area contributed by atoms with Gasteiger partial charge in [-0.05, 0) is 92.3 Å². The number of hydrogen-bond acceptors (Lipinski definition) is 5. The van der Waals surface area contributed by atoms with E-state index in [4.69, 9.17) is 23.8 Å². The second-order valence-corrected chi connectivity index (χ2v) is 13.4. The largest absolute Gasteiger partial charge is 0.355 e. The van der Waals surface area contributed by atoms with E-state index in [9.17, 15) is 4.79 Å². The number of thiocarbonyl (C=S) groups is 1. The number of halogens is 1. The van der Waals surface area contributed by atoms with Crippen LogP contribution in [0, 0.1) is 11.8 Å². The van der Waals surface area contributed by atoms with Crippen LogP contribution in [0.25, 0.3) is 17.3 Å². The third-order valence-corrected chi connectivity index (χ3v) is 10.4. The Balaban J connectivity index is 1.17. The number of rotatable bonds is 9. The van der Waals surface area contributed by atoms with Crippen molar-refractivity contribution in [3.05, 3.63) is 51.5 Å². The Kier molecular flexibility index (Phi) is 8.29. The average Bonchev–Trinajstić information content (AvgIpc) is 3.70. The van der Waals surface area contributed by atoms with Gasteiger partial charge in [0.25, 0.3) is 5.91 Å². The van der Waals surface area contributed by atoms with Gasteiger partial charge in [0, 0.05) is 48.6 Å². The van der Waals surface area contributed by atoms with Crippen molar-refractivity contribution in [3.63, 3.8) is 0 Å². The number of thioether (sulfide) groups is 1. The minimum Gasteiger partial charge on any atom is -0.355 e. The van der Waals surface area contributed by atoms with Gasteiger partial charge in [-0.1, -0.05) is 60.6 Å². The van der Waals surface area contributed by atoms with E-state index in [2.05, 4.69) is 27.3 Å². The molecule has 4 fully saturated rings. The van der Waals surface area contributed by atoms with Crippen LogP contribution in [-0.2, 0) is 11.2 Å². The van der Waals surface area contributed by atoms with E-state index in [1.54, 1.807) is 0 Å². The maximum Gasteiger partial charge on any atom is 0.266 e. The Bertz CT molecular complexity index is 1200. The Labute approximate surface area is 240 Å². The van der Waals surface area contributed by atoms with Crippen LogP contribution < -0.4 is 5.32 Å². The molecular formula is C30H37ClN4OS2. The van der Waals surface area contributed by atoms with Gasteiger partial charge >= 0.3 is 0 Å². The fourth-order valence-electron chi connectivity index (χ4n) is 6.82. The summed E-state index contributed by atoms with van der Waals surface area (Å²) in [5.41, 5.74) is 4.46. The zero-order valence-electron chi connectivity index (χ0n) is 21.9. The lowest BCUT2D eigenvalue weighted by Crippen LogP contribution is -2.43. The molecule has 5 nitrogen and oxygen atoms in total. The normalized spacial score (nSPS) is 26.8. The summed E-state index contributed by atoms with van der Waals surface area (Å²) in [6.07, 6.45) is 11.6. The van der Waals surface area contributed by atoms with Crippen LogP contribution in [0.1, 0.15) is 56.2 Å². The summed E-state index contributed by atoms with van der Waals surface area (Å²) in [7, 11) is 0. The molecule has 202 valence electrons. The molecule has 2 saturated carbocycles. The maximum absolute atomic E-state index is 13.6. The highest BCUT2D eigenvalue weighted by Crippen LogP contribution is 2.49. The Hall–Kier alpha value is -1.64. The smallest absolute Gasteiger partial charge is 0.266 e. The highest BCUT2D eigenvalue weighted by atomic mass is 35.5. The van der Waals surface area contributed by atoms with Crippen molar-refractivity contribution in [1.29, 1.82) is 0 Å². The molecule has 1 amide bonds. The highest BCUT2D eigenvalue weighted by molar-refractivity contribution is 8.26. The number of nitrogens with one attached hydrogen (secondary N) is 2. The number of fused-ring (bicyclic) bond motifs is 2. The Morgan fingerprint density at radius 1 is 1.08 bits per heavy atom. The zero-order valence-corrected chi connectivity index (χ0v) is 24.3. The Morgan fingerprint density at radius 3 is 2.63 bits per heavy atom. The number of benzene rings is 1. The minimum absolute atomic E-state index is 0.0992. The van der Waals surface area contributed by atoms with Crippen LogP contribution in [-0.4, -0.2) is 63.8 Å². The average molecular weight is 569 g/mol. The van der Waals surface area contributed by atoms with Crippen molar-refractivity contribution in [2.45, 2.75) is 57.4 Å². The molecule has 1 aromatic carbocycles. The highest BCUT2D eigenvalue weighted by Gasteiger charge is 2.48. The van der Waals surface area contributed by atoms with Crippen LogP contribution in [0.15, 0.2) is 35.2 Å². The lowest BCUT2D eigenvalue weighted by Gasteiger charge is -2.30. The standard InChI is InChI=1S/C30H37ClN4OS2/c31-24-9-7-21(8-10-24)25-18-22(4-2-1-3-13-34-14-11-32-12-15-34)26(33-25)19-28-29(36)35(30(37)38-28)27-17-20-5-6-23(27)16-20/h7-10,18-20,23,27,32-33H,1-6,11-17H2/b28-19-. The number of piperazine rings is 1. The monoisotopic (exact) mass is 568 g/mol. The van der Waals surface area contributed by atoms with Crippen LogP contribution in [0.2, 0.25) is 5.02 Å². The van der Waals surface area contributed by atoms with Crippen LogP contribution >= 0.6 is 35.6 Å². The number of carbonyl (C=O) groups is 1. The topological polar surface area (TPSA) is 51.4 Å². The van der Waals surface area contributed by atoms with Crippen LogP contribution in [0.3, 0.4) is 0 Å². The molecule has 4 aliphatic rings. The zero-order chi connectivity index (χ0) is 26.1. The first-order valence-electron chi connectivity index (χ1n) is 14.2. The van der Waals surface area contributed by atoms with Gasteiger partial charge in [0.1, 0.15) is 4.32 Å². The molecule has 8 heteroatoms. The lowest BCUT2D eigenvalue weighted by molar-refractivity contribution is -0.124. The third-order valence-electron chi connectivity index (χ3n) is 8.85. The Morgan fingerprint density at radius 2 is 1.89 bits per heavy atom. The van der Waals surface area contributed by atoms with Crippen molar-refractivity contribution in [2.75, 3.05) is 32.7 Å². The van der Waals surface area contributed by atoms with E-state index < -0.39 is 0 Å². The maximum atomic E-state index is 13.6. The molecule has 3 atom stereocenters. The van der Waals surface area contributed by atoms with E-state index in [1.165, 1.54) is 56.0 Å². The molecule has 2 saturated heterocycles. The predicted molar refractivity (Wildman–Crippen MR) is 162 cm³/mol. The van der Waals surface area contributed by atoms with Gasteiger partial charge in [-0.3, -0.25) is 9.69 Å². The summed E-state index contributed by atoms with van der Waals surface area (Å²) in [6, 6.07) is 10.5. The molecule has 6 rings (SSSR count). The SMILES string of the molecule is O=C1/C(=C/c2[nH]c(-c3ccc(Cl)cc3)cc2CCCCCN2CCNCC2)SC(=S)N1C1CC2CCC1C2. The number of hydrogen-bond donors (Lipinski definition) is 2. The molecule has 0 spiro atoms. The van der Waals surface area contributed by atoms with E-state index >= 15 is 0 Å². The second kappa shape index (κ2) is 11.8. The van der Waals surface area contributed by atoms with E-state index in [1.807, 2.05) is 29.2 Å². The molecule has 3 heterocycles. The first-order valence-corrected chi connectivity index (χ1v) is 15.8. The molecular weight excluding hydrogens is 532 g/mol. The summed E-state index contributed by atoms with van der Waals surface area (Å²) >= 11 is 13.4. The molecule has 38 heavy (non-hydrogen) atoms. The number of H-pyrrole nitrogens is 1. The van der Waals surface area contributed by atoms with Crippen molar-refractivity contribution in [1.82, 2.24) is 20.1 Å². The van der Waals surface area contributed by atoms with E-state index in [0.29, 0.717) is 12.0 Å². The second-order valence-electron chi connectivity index (χ2n) is 11.3. The molecule has 0 radical (unpaired) electrons. The molecule has 2 aromatic rings. The quantitative estimate of drug-likeness (QED) is 0.210. The van der Waals surface area contributed by atoms with Crippen molar-refractivity contribution < 1.29 is 4.79 Å². The first-order chi connectivity index (χ1) is 18.5. The van der Waals surface area contributed by atoms with E-state index in [-0.39, 0.29) is 5.91 Å². The van der Waals surface area contributed by atoms with Crippen molar-refractivity contribution in [2.24, 2.45) is 11.8 Å². The molecule has 2 bridgehead atoms. The van der Waals surface area contributed by atoms with Gasteiger partial charge in [-0.25, -0.2) is 0 Å². The van der Waals surface area contributed by atoms with Gasteiger partial charge < -0.3 is 15.2 Å². The van der Waals surface area contributed by atoms with Gasteiger partial charge in [0.05, 0.1) is 4.91 Å². The molecule has 2 aliphatic carbocycles. The van der Waals surface area contributed by atoms with Crippen LogP contribution in [0.4, 0.5) is 0 Å². The van der Waals surface area contributed by atoms with Gasteiger partial charge in [-0.15, -0.1) is 0 Å². The predicted octanol–water partition coefficient (Wildman–Crippen LogP) is 6.34. The van der Waals surface area contributed by atoms with Gasteiger partial charge in [0.2, 0.25) is 0 Å².